The second kappa shape index (κ2) is 9.68. The number of carbonyl (C=O) groups is 2. The number of rotatable bonds is 4. The van der Waals surface area contributed by atoms with E-state index in [4.69, 9.17) is 0 Å². The summed E-state index contributed by atoms with van der Waals surface area (Å²) in [5.74, 6) is -1.03. The molecule has 0 bridgehead atoms. The maximum absolute atomic E-state index is 14.3. The third-order valence-corrected chi connectivity index (χ3v) is 7.75. The zero-order valence-corrected chi connectivity index (χ0v) is 21.2. The number of nitrogens with one attached hydrogen (secondary N) is 2. The number of amides is 2. The molecule has 4 heterocycles. The van der Waals surface area contributed by atoms with Gasteiger partial charge in [-0.1, -0.05) is 36.4 Å². The van der Waals surface area contributed by atoms with Gasteiger partial charge in [0.2, 0.25) is 0 Å². The van der Waals surface area contributed by atoms with Gasteiger partial charge in [0.05, 0.1) is 28.1 Å². The Morgan fingerprint density at radius 2 is 1.92 bits per heavy atom. The van der Waals surface area contributed by atoms with Crippen molar-refractivity contribution in [2.24, 2.45) is 0 Å². The average Bonchev–Trinajstić information content (AvgIpc) is 3.60. The number of para-hydroxylation sites is 2. The Hall–Kier alpha value is -4.63. The van der Waals surface area contributed by atoms with Crippen LogP contribution < -0.4 is 10.2 Å². The van der Waals surface area contributed by atoms with E-state index in [1.807, 2.05) is 42.5 Å². The van der Waals surface area contributed by atoms with E-state index in [2.05, 4.69) is 20.5 Å². The molecule has 0 aliphatic carbocycles. The first-order chi connectivity index (χ1) is 18.5. The van der Waals surface area contributed by atoms with Crippen LogP contribution in [-0.4, -0.2) is 33.5 Å². The molecule has 5 aromatic rings. The quantitative estimate of drug-likeness (QED) is 0.298. The molecule has 2 amide bonds. The lowest BCUT2D eigenvalue weighted by Crippen LogP contribution is -2.33. The number of halogens is 1. The van der Waals surface area contributed by atoms with Gasteiger partial charge in [0.15, 0.2) is 0 Å². The summed E-state index contributed by atoms with van der Waals surface area (Å²) in [5, 5.41) is 9.46. The van der Waals surface area contributed by atoms with Gasteiger partial charge in [0.1, 0.15) is 11.5 Å². The number of carbonyl (C=O) groups excluding carboxylic acids is 2. The van der Waals surface area contributed by atoms with Gasteiger partial charge in [-0.05, 0) is 54.8 Å². The average molecular weight is 524 g/mol. The molecule has 7 nitrogen and oxygen atoms in total. The van der Waals surface area contributed by atoms with Crippen molar-refractivity contribution in [3.05, 3.63) is 107 Å². The second-order valence-electron chi connectivity index (χ2n) is 8.97. The Bertz CT molecular complexity index is 1660. The number of aryl methyl sites for hydroxylation is 1. The molecule has 38 heavy (non-hydrogen) atoms. The third-order valence-electron chi connectivity index (χ3n) is 6.54. The molecule has 3 aromatic heterocycles. The molecule has 0 fully saturated rings. The number of aromatic amines is 1. The number of anilines is 2. The van der Waals surface area contributed by atoms with Crippen LogP contribution in [0.5, 0.6) is 0 Å². The monoisotopic (exact) mass is 523 g/mol. The van der Waals surface area contributed by atoms with E-state index in [1.165, 1.54) is 17.4 Å². The molecular weight excluding hydrogens is 501 g/mol. The number of nitrogens with zero attached hydrogens (tertiary/aromatic N) is 3. The van der Waals surface area contributed by atoms with Gasteiger partial charge in [0.25, 0.3) is 11.8 Å². The van der Waals surface area contributed by atoms with E-state index in [9.17, 15) is 14.0 Å². The molecule has 1 aliphatic heterocycles. The van der Waals surface area contributed by atoms with Crippen LogP contribution in [0.3, 0.4) is 0 Å². The molecule has 188 valence electrons. The molecule has 2 N–H and O–H groups in total. The minimum atomic E-state index is -0.471. The first-order valence-corrected chi connectivity index (χ1v) is 12.9. The van der Waals surface area contributed by atoms with Crippen LogP contribution >= 0.6 is 11.3 Å². The van der Waals surface area contributed by atoms with Gasteiger partial charge in [-0.2, -0.15) is 5.10 Å². The maximum Gasteiger partial charge on any atom is 0.276 e. The summed E-state index contributed by atoms with van der Waals surface area (Å²) in [7, 11) is 0. The summed E-state index contributed by atoms with van der Waals surface area (Å²) >= 11 is 1.34. The predicted octanol–water partition coefficient (Wildman–Crippen LogP) is 6.10. The Morgan fingerprint density at radius 3 is 2.74 bits per heavy atom. The molecule has 0 radical (unpaired) electrons. The molecule has 2 aromatic carbocycles. The lowest BCUT2D eigenvalue weighted by atomic mass is 10.1. The standard InChI is InChI=1S/C29H22FN5O2S/c1-17-6-4-8-21(30)26(17)34-28(36)25-14-18-12-13-35(24-11-3-2-7-20(24)27(18)38-25)29(37)23-10-5-9-22(33-23)19-15-31-32-16-19/h2-11,14-16H,12-13H2,1H3,(H,31,32)(H,34,36). The molecule has 6 rings (SSSR count). The third kappa shape index (κ3) is 4.26. The number of hydrogen-bond acceptors (Lipinski definition) is 5. The van der Waals surface area contributed by atoms with Crippen molar-refractivity contribution in [3.8, 4) is 21.7 Å². The van der Waals surface area contributed by atoms with Crippen molar-refractivity contribution in [1.29, 1.82) is 0 Å². The SMILES string of the molecule is Cc1cccc(F)c1NC(=O)c1cc2c(s1)-c1ccccc1N(C(=O)c1cccc(-c3cn[nH]c3)n1)CC2. The Labute approximate surface area is 222 Å². The number of benzene rings is 2. The molecular formula is C29H22FN5O2S. The number of aromatic nitrogens is 3. The number of hydrogen-bond donors (Lipinski definition) is 2. The molecule has 0 unspecified atom stereocenters. The normalized spacial score (nSPS) is 12.4. The zero-order valence-electron chi connectivity index (χ0n) is 20.4. The Morgan fingerprint density at radius 1 is 1.08 bits per heavy atom. The van der Waals surface area contributed by atoms with E-state index in [0.29, 0.717) is 34.8 Å². The van der Waals surface area contributed by atoms with Gasteiger partial charge in [0, 0.05) is 28.7 Å². The molecule has 0 saturated carbocycles. The number of fused-ring (bicyclic) bond motifs is 3. The van der Waals surface area contributed by atoms with Gasteiger partial charge >= 0.3 is 0 Å². The highest BCUT2D eigenvalue weighted by atomic mass is 32.1. The van der Waals surface area contributed by atoms with Crippen molar-refractivity contribution >= 4 is 34.5 Å². The fourth-order valence-corrected chi connectivity index (χ4v) is 5.77. The molecule has 1 aliphatic rings. The molecule has 9 heteroatoms. The molecule has 0 saturated heterocycles. The van der Waals surface area contributed by atoms with E-state index in [1.54, 1.807) is 42.4 Å². The number of pyridine rings is 1. The van der Waals surface area contributed by atoms with Crippen molar-refractivity contribution < 1.29 is 14.0 Å². The number of H-pyrrole nitrogens is 1. The van der Waals surface area contributed by atoms with Gasteiger partial charge in [-0.25, -0.2) is 9.37 Å². The maximum atomic E-state index is 14.3. The van der Waals surface area contributed by atoms with E-state index >= 15 is 0 Å². The van der Waals surface area contributed by atoms with Crippen LogP contribution in [0.2, 0.25) is 0 Å². The van der Waals surface area contributed by atoms with Crippen molar-refractivity contribution in [2.75, 3.05) is 16.8 Å². The fraction of sp³-hybridized carbons (Fsp3) is 0.103. The van der Waals surface area contributed by atoms with Gasteiger partial charge < -0.3 is 10.2 Å². The highest BCUT2D eigenvalue weighted by Gasteiger charge is 2.28. The number of thiophene rings is 1. The Kier molecular flexibility index (Phi) is 6.05. The summed E-state index contributed by atoms with van der Waals surface area (Å²) < 4.78 is 14.3. The topological polar surface area (TPSA) is 91.0 Å². The van der Waals surface area contributed by atoms with Crippen LogP contribution in [0, 0.1) is 12.7 Å². The summed E-state index contributed by atoms with van der Waals surface area (Å²) in [6.45, 7) is 2.18. The van der Waals surface area contributed by atoms with E-state index in [-0.39, 0.29) is 17.5 Å². The van der Waals surface area contributed by atoms with E-state index < -0.39 is 5.82 Å². The minimum Gasteiger partial charge on any atom is -0.319 e. The van der Waals surface area contributed by atoms with Crippen LogP contribution in [0.1, 0.15) is 31.3 Å². The van der Waals surface area contributed by atoms with Crippen molar-refractivity contribution in [2.45, 2.75) is 13.3 Å². The van der Waals surface area contributed by atoms with Gasteiger partial charge in [-0.15, -0.1) is 11.3 Å². The summed E-state index contributed by atoms with van der Waals surface area (Å²) in [5.41, 5.74) is 5.22. The molecule has 0 spiro atoms. The van der Waals surface area contributed by atoms with Crippen molar-refractivity contribution in [1.82, 2.24) is 15.2 Å². The second-order valence-corrected chi connectivity index (χ2v) is 10.0. The predicted molar refractivity (Wildman–Crippen MR) is 146 cm³/mol. The molecule has 0 atom stereocenters. The minimum absolute atomic E-state index is 0.184. The highest BCUT2D eigenvalue weighted by molar-refractivity contribution is 7.17. The van der Waals surface area contributed by atoms with Crippen LogP contribution in [0.25, 0.3) is 21.7 Å². The first kappa shape index (κ1) is 23.7. The summed E-state index contributed by atoms with van der Waals surface area (Å²) in [4.78, 5) is 34.5. The smallest absolute Gasteiger partial charge is 0.276 e. The van der Waals surface area contributed by atoms with Crippen LogP contribution in [0.15, 0.2) is 79.1 Å². The first-order valence-electron chi connectivity index (χ1n) is 12.1. The zero-order chi connectivity index (χ0) is 26.2. The summed E-state index contributed by atoms with van der Waals surface area (Å²) in [6, 6.07) is 19.6. The van der Waals surface area contributed by atoms with Crippen molar-refractivity contribution in [3.63, 3.8) is 0 Å². The summed E-state index contributed by atoms with van der Waals surface area (Å²) in [6.07, 6.45) is 3.95. The lowest BCUT2D eigenvalue weighted by molar-refractivity contribution is 0.0981. The van der Waals surface area contributed by atoms with Crippen LogP contribution in [-0.2, 0) is 6.42 Å². The van der Waals surface area contributed by atoms with E-state index in [0.717, 1.165) is 27.3 Å². The fourth-order valence-electron chi connectivity index (χ4n) is 4.63. The lowest BCUT2D eigenvalue weighted by Gasteiger charge is -2.22. The Balaban J connectivity index is 1.32. The largest absolute Gasteiger partial charge is 0.319 e. The van der Waals surface area contributed by atoms with Crippen LogP contribution in [0.4, 0.5) is 15.8 Å². The highest BCUT2D eigenvalue weighted by Crippen LogP contribution is 2.42. The van der Waals surface area contributed by atoms with Gasteiger partial charge in [-0.3, -0.25) is 14.7 Å².